The molecule has 154 valence electrons. The van der Waals surface area contributed by atoms with Crippen molar-refractivity contribution in [3.8, 4) is 0 Å². The quantitative estimate of drug-likeness (QED) is 0.619. The summed E-state index contributed by atoms with van der Waals surface area (Å²) in [6, 6.07) is 3.55. The molecule has 3 aromatic rings. The molecule has 1 amide bonds. The molecule has 0 unspecified atom stereocenters. The Morgan fingerprint density at radius 3 is 2.83 bits per heavy atom. The second kappa shape index (κ2) is 8.53. The Morgan fingerprint density at radius 1 is 1.31 bits per heavy atom. The minimum atomic E-state index is -0.156. The molecule has 1 aliphatic rings. The first-order valence-electron chi connectivity index (χ1n) is 10.3. The topological polar surface area (TPSA) is 77.1 Å². The third-order valence-electron chi connectivity index (χ3n) is 5.94. The van der Waals surface area contributed by atoms with Crippen LogP contribution >= 0.6 is 11.6 Å². The SMILES string of the molecule is CCn1nccc1C(=O)N[C@H](c1cn2ncc(CCl)cc2n1)C1CCC(C)CC1. The van der Waals surface area contributed by atoms with E-state index in [1.807, 2.05) is 19.2 Å². The van der Waals surface area contributed by atoms with Crippen molar-refractivity contribution in [2.45, 2.75) is 58.0 Å². The Hall–Kier alpha value is -2.41. The number of amides is 1. The largest absolute Gasteiger partial charge is 0.342 e. The number of imidazole rings is 1. The van der Waals surface area contributed by atoms with Gasteiger partial charge in [-0.25, -0.2) is 9.50 Å². The van der Waals surface area contributed by atoms with Crippen LogP contribution in [0.3, 0.4) is 0 Å². The standard InChI is InChI=1S/C21H27ClN6O/c1-3-27-18(8-9-23-27)21(29)26-20(16-6-4-14(2)5-7-16)17-13-28-19(25-17)10-15(11-22)12-24-28/h8-10,12-14,16,20H,3-7,11H2,1-2H3,(H,26,29)/t14?,16?,20-/m0/s1. The molecule has 1 fully saturated rings. The van der Waals surface area contributed by atoms with Crippen molar-refractivity contribution >= 4 is 23.2 Å². The Bertz CT molecular complexity index is 988. The van der Waals surface area contributed by atoms with Crippen LogP contribution < -0.4 is 5.32 Å². The number of aromatic nitrogens is 5. The lowest BCUT2D eigenvalue weighted by Crippen LogP contribution is -2.36. The molecule has 0 aliphatic heterocycles. The molecular weight excluding hydrogens is 388 g/mol. The second-order valence-corrected chi connectivity index (χ2v) is 8.24. The van der Waals surface area contributed by atoms with Gasteiger partial charge in [0.15, 0.2) is 5.65 Å². The van der Waals surface area contributed by atoms with Crippen molar-refractivity contribution in [3.63, 3.8) is 0 Å². The minimum Gasteiger partial charge on any atom is -0.342 e. The van der Waals surface area contributed by atoms with Crippen molar-refractivity contribution in [1.29, 1.82) is 0 Å². The van der Waals surface area contributed by atoms with Gasteiger partial charge in [-0.05, 0) is 49.3 Å². The number of rotatable bonds is 6. The van der Waals surface area contributed by atoms with Gasteiger partial charge in [0.05, 0.1) is 24.1 Å². The maximum absolute atomic E-state index is 13.1. The lowest BCUT2D eigenvalue weighted by molar-refractivity contribution is 0.0895. The van der Waals surface area contributed by atoms with Gasteiger partial charge >= 0.3 is 0 Å². The molecule has 3 heterocycles. The zero-order chi connectivity index (χ0) is 20.4. The first-order chi connectivity index (χ1) is 14.1. The van der Waals surface area contributed by atoms with Gasteiger partial charge in [0.2, 0.25) is 0 Å². The normalized spacial score (nSPS) is 20.7. The van der Waals surface area contributed by atoms with Crippen molar-refractivity contribution in [1.82, 2.24) is 29.7 Å². The van der Waals surface area contributed by atoms with E-state index in [-0.39, 0.29) is 11.9 Å². The van der Waals surface area contributed by atoms with Crippen LogP contribution in [-0.2, 0) is 12.4 Å². The Labute approximate surface area is 175 Å². The van der Waals surface area contributed by atoms with Crippen molar-refractivity contribution in [2.75, 3.05) is 0 Å². The number of hydrogen-bond donors (Lipinski definition) is 1. The van der Waals surface area contributed by atoms with Crippen molar-refractivity contribution in [2.24, 2.45) is 11.8 Å². The van der Waals surface area contributed by atoms with Crippen LogP contribution in [0.5, 0.6) is 0 Å². The number of carbonyl (C=O) groups is 1. The molecule has 1 N–H and O–H groups in total. The highest BCUT2D eigenvalue weighted by Gasteiger charge is 2.31. The van der Waals surface area contributed by atoms with E-state index in [2.05, 4.69) is 22.4 Å². The molecule has 1 atom stereocenters. The van der Waals surface area contributed by atoms with Crippen LogP contribution in [0, 0.1) is 11.8 Å². The molecule has 0 spiro atoms. The van der Waals surface area contributed by atoms with Crippen LogP contribution in [0.25, 0.3) is 5.65 Å². The van der Waals surface area contributed by atoms with E-state index in [0.29, 0.717) is 24.0 Å². The van der Waals surface area contributed by atoms with Gasteiger partial charge in [-0.2, -0.15) is 10.2 Å². The summed E-state index contributed by atoms with van der Waals surface area (Å²) < 4.78 is 3.47. The maximum Gasteiger partial charge on any atom is 0.270 e. The van der Waals surface area contributed by atoms with E-state index >= 15 is 0 Å². The summed E-state index contributed by atoms with van der Waals surface area (Å²) in [7, 11) is 0. The fourth-order valence-corrected chi connectivity index (χ4v) is 4.35. The van der Waals surface area contributed by atoms with Gasteiger partial charge in [0.25, 0.3) is 5.91 Å². The molecular formula is C21H27ClN6O. The lowest BCUT2D eigenvalue weighted by atomic mass is 9.78. The first kappa shape index (κ1) is 19.9. The number of aryl methyl sites for hydroxylation is 1. The van der Waals surface area contributed by atoms with Crippen LogP contribution in [0.2, 0.25) is 0 Å². The summed E-state index contributed by atoms with van der Waals surface area (Å²) in [6.45, 7) is 4.93. The predicted octanol–water partition coefficient (Wildman–Crippen LogP) is 3.98. The molecule has 0 saturated heterocycles. The Morgan fingerprint density at radius 2 is 2.10 bits per heavy atom. The molecule has 29 heavy (non-hydrogen) atoms. The number of halogens is 1. The second-order valence-electron chi connectivity index (χ2n) is 7.97. The lowest BCUT2D eigenvalue weighted by Gasteiger charge is -2.32. The summed E-state index contributed by atoms with van der Waals surface area (Å²) in [5.74, 6) is 1.37. The summed E-state index contributed by atoms with van der Waals surface area (Å²) in [5, 5.41) is 11.9. The minimum absolute atomic E-state index is 0.112. The summed E-state index contributed by atoms with van der Waals surface area (Å²) in [6.07, 6.45) is 9.84. The fraction of sp³-hybridized carbons (Fsp3) is 0.524. The van der Waals surface area contributed by atoms with E-state index in [4.69, 9.17) is 16.6 Å². The van der Waals surface area contributed by atoms with Crippen LogP contribution in [0.15, 0.2) is 30.7 Å². The van der Waals surface area contributed by atoms with Crippen molar-refractivity contribution in [3.05, 3.63) is 47.7 Å². The Balaban J connectivity index is 1.65. The number of hydrogen-bond acceptors (Lipinski definition) is 4. The molecule has 1 saturated carbocycles. The predicted molar refractivity (Wildman–Crippen MR) is 112 cm³/mol. The summed E-state index contributed by atoms with van der Waals surface area (Å²) >= 11 is 5.94. The van der Waals surface area contributed by atoms with E-state index in [9.17, 15) is 4.79 Å². The number of alkyl halides is 1. The van der Waals surface area contributed by atoms with Crippen LogP contribution in [0.4, 0.5) is 0 Å². The number of fused-ring (bicyclic) bond motifs is 1. The van der Waals surface area contributed by atoms with Gasteiger partial charge in [-0.3, -0.25) is 9.48 Å². The molecule has 0 bridgehead atoms. The highest BCUT2D eigenvalue weighted by atomic mass is 35.5. The van der Waals surface area contributed by atoms with Crippen LogP contribution in [0.1, 0.15) is 67.3 Å². The zero-order valence-corrected chi connectivity index (χ0v) is 17.6. The van der Waals surface area contributed by atoms with Gasteiger partial charge < -0.3 is 5.32 Å². The third kappa shape index (κ3) is 4.15. The zero-order valence-electron chi connectivity index (χ0n) is 16.9. The average Bonchev–Trinajstić information content (AvgIpc) is 3.38. The molecule has 1 aliphatic carbocycles. The van der Waals surface area contributed by atoms with Gasteiger partial charge in [-0.1, -0.05) is 19.8 Å². The average molecular weight is 415 g/mol. The van der Waals surface area contributed by atoms with Gasteiger partial charge in [0.1, 0.15) is 5.69 Å². The van der Waals surface area contributed by atoms with E-state index in [1.54, 1.807) is 27.7 Å². The number of nitrogens with zero attached hydrogens (tertiary/aromatic N) is 5. The van der Waals surface area contributed by atoms with Crippen molar-refractivity contribution < 1.29 is 4.79 Å². The van der Waals surface area contributed by atoms with Gasteiger partial charge in [-0.15, -0.1) is 11.6 Å². The molecule has 0 radical (unpaired) electrons. The third-order valence-corrected chi connectivity index (χ3v) is 6.24. The Kier molecular flexibility index (Phi) is 5.85. The maximum atomic E-state index is 13.1. The summed E-state index contributed by atoms with van der Waals surface area (Å²) in [5.41, 5.74) is 3.10. The first-order valence-corrected chi connectivity index (χ1v) is 10.8. The van der Waals surface area contributed by atoms with Gasteiger partial charge in [0, 0.05) is 18.6 Å². The van der Waals surface area contributed by atoms with E-state index in [0.717, 1.165) is 35.7 Å². The molecule has 7 nitrogen and oxygen atoms in total. The fourth-order valence-electron chi connectivity index (χ4n) is 4.20. The monoisotopic (exact) mass is 414 g/mol. The molecule has 4 rings (SSSR count). The summed E-state index contributed by atoms with van der Waals surface area (Å²) in [4.78, 5) is 17.8. The number of nitrogens with one attached hydrogen (secondary N) is 1. The van der Waals surface area contributed by atoms with E-state index in [1.165, 1.54) is 12.8 Å². The highest BCUT2D eigenvalue weighted by Crippen LogP contribution is 2.36. The number of carbonyl (C=O) groups excluding carboxylic acids is 1. The highest BCUT2D eigenvalue weighted by molar-refractivity contribution is 6.17. The van der Waals surface area contributed by atoms with Crippen LogP contribution in [-0.4, -0.2) is 30.3 Å². The molecule has 0 aromatic carbocycles. The molecule has 8 heteroatoms. The molecule has 3 aromatic heterocycles. The van der Waals surface area contributed by atoms with E-state index < -0.39 is 0 Å². The smallest absolute Gasteiger partial charge is 0.270 e.